The molecule has 72 valence electrons. The Morgan fingerprint density at radius 3 is 3.00 bits per heavy atom. The van der Waals surface area contributed by atoms with Gasteiger partial charge in [0.2, 0.25) is 11.9 Å². The molecule has 0 aromatic carbocycles. The van der Waals surface area contributed by atoms with Crippen LogP contribution in [0.15, 0.2) is 6.20 Å². The van der Waals surface area contributed by atoms with Crippen molar-refractivity contribution in [3.63, 3.8) is 0 Å². The molecule has 1 aromatic heterocycles. The number of carbonyl (C=O) groups excluding carboxylic acids is 1. The predicted molar refractivity (Wildman–Crippen MR) is 51.1 cm³/mol. The maximum atomic E-state index is 11.6. The van der Waals surface area contributed by atoms with Crippen molar-refractivity contribution >= 4 is 17.7 Å². The first-order valence-corrected chi connectivity index (χ1v) is 4.63. The molecule has 3 rings (SSSR count). The molecule has 1 saturated carbocycles. The van der Waals surface area contributed by atoms with Gasteiger partial charge in [-0.1, -0.05) is 0 Å². The molecule has 5 heteroatoms. The summed E-state index contributed by atoms with van der Waals surface area (Å²) in [6.07, 6.45) is 3.60. The number of fused-ring (bicyclic) bond motifs is 2. The van der Waals surface area contributed by atoms with Crippen LogP contribution in [0, 0.1) is 0 Å². The number of amides is 1. The minimum absolute atomic E-state index is 0.0788. The Bertz CT molecular complexity index is 425. The van der Waals surface area contributed by atoms with E-state index in [-0.39, 0.29) is 11.3 Å². The Kier molecular flexibility index (Phi) is 1.23. The van der Waals surface area contributed by atoms with Crippen LogP contribution in [0.3, 0.4) is 0 Å². The van der Waals surface area contributed by atoms with Crippen LogP contribution < -0.4 is 10.6 Å². The minimum Gasteiger partial charge on any atom is -0.357 e. The Morgan fingerprint density at radius 2 is 2.36 bits per heavy atom. The normalized spacial score (nSPS) is 20.5. The zero-order valence-electron chi connectivity index (χ0n) is 7.79. The van der Waals surface area contributed by atoms with Crippen LogP contribution in [-0.2, 0) is 10.2 Å². The van der Waals surface area contributed by atoms with Crippen molar-refractivity contribution in [2.75, 3.05) is 17.7 Å². The van der Waals surface area contributed by atoms with E-state index >= 15 is 0 Å². The summed E-state index contributed by atoms with van der Waals surface area (Å²) in [5.41, 5.74) is 0.684. The smallest absolute Gasteiger partial charge is 0.236 e. The quantitative estimate of drug-likeness (QED) is 0.676. The van der Waals surface area contributed by atoms with E-state index in [4.69, 9.17) is 0 Å². The summed E-state index contributed by atoms with van der Waals surface area (Å²) in [4.78, 5) is 19.9. The first-order chi connectivity index (χ1) is 6.76. The van der Waals surface area contributed by atoms with Gasteiger partial charge in [-0.05, 0) is 12.8 Å². The molecular weight excluding hydrogens is 180 g/mol. The number of nitrogens with one attached hydrogen (secondary N) is 2. The summed E-state index contributed by atoms with van der Waals surface area (Å²) < 4.78 is 0. The molecule has 1 aromatic rings. The Balaban J connectivity index is 2.14. The lowest BCUT2D eigenvalue weighted by Gasteiger charge is -2.03. The average molecular weight is 190 g/mol. The van der Waals surface area contributed by atoms with Crippen LogP contribution in [-0.4, -0.2) is 22.9 Å². The Morgan fingerprint density at radius 1 is 1.57 bits per heavy atom. The highest BCUT2D eigenvalue weighted by atomic mass is 16.2. The van der Waals surface area contributed by atoms with Crippen molar-refractivity contribution in [3.8, 4) is 0 Å². The zero-order valence-corrected chi connectivity index (χ0v) is 7.79. The zero-order chi connectivity index (χ0) is 9.76. The second-order valence-electron chi connectivity index (χ2n) is 3.74. The lowest BCUT2D eigenvalue weighted by atomic mass is 10.0. The molecule has 1 amide bonds. The third-order valence-corrected chi connectivity index (χ3v) is 2.94. The van der Waals surface area contributed by atoms with E-state index in [2.05, 4.69) is 20.6 Å². The second kappa shape index (κ2) is 2.23. The van der Waals surface area contributed by atoms with Crippen molar-refractivity contribution < 1.29 is 4.79 Å². The highest BCUT2D eigenvalue weighted by Crippen LogP contribution is 2.54. The lowest BCUT2D eigenvalue weighted by molar-refractivity contribution is -0.117. The van der Waals surface area contributed by atoms with Crippen LogP contribution >= 0.6 is 0 Å². The topological polar surface area (TPSA) is 66.9 Å². The number of rotatable bonds is 1. The van der Waals surface area contributed by atoms with E-state index in [1.165, 1.54) is 0 Å². The summed E-state index contributed by atoms with van der Waals surface area (Å²) in [5.74, 6) is 1.30. The molecule has 1 aliphatic heterocycles. The molecule has 2 aliphatic rings. The van der Waals surface area contributed by atoms with Gasteiger partial charge in [-0.25, -0.2) is 4.98 Å². The number of anilines is 2. The molecule has 2 N–H and O–H groups in total. The van der Waals surface area contributed by atoms with Crippen molar-refractivity contribution in [3.05, 3.63) is 11.8 Å². The number of carbonyl (C=O) groups is 1. The van der Waals surface area contributed by atoms with E-state index < -0.39 is 0 Å². The highest BCUT2D eigenvalue weighted by molar-refractivity contribution is 6.07. The standard InChI is InChI=1S/C9H10N4O/c1-10-8-11-4-5-6(13-8)12-7(14)9(5)2-3-9/h4H,2-3H2,1H3,(H2,10,11,12,13,14). The minimum atomic E-state index is -0.276. The van der Waals surface area contributed by atoms with Gasteiger partial charge in [0.25, 0.3) is 0 Å². The molecule has 14 heavy (non-hydrogen) atoms. The van der Waals surface area contributed by atoms with Crippen LogP contribution in [0.4, 0.5) is 11.8 Å². The van der Waals surface area contributed by atoms with Crippen molar-refractivity contribution in [1.82, 2.24) is 9.97 Å². The van der Waals surface area contributed by atoms with Crippen molar-refractivity contribution in [1.29, 1.82) is 0 Å². The number of aromatic nitrogens is 2. The number of nitrogens with zero attached hydrogens (tertiary/aromatic N) is 2. The first kappa shape index (κ1) is 7.73. The van der Waals surface area contributed by atoms with Gasteiger partial charge in [0.15, 0.2) is 0 Å². The Labute approximate surface area is 80.9 Å². The fraction of sp³-hybridized carbons (Fsp3) is 0.444. The molecule has 1 spiro atoms. The fourth-order valence-corrected chi connectivity index (χ4v) is 1.92. The predicted octanol–water partition coefficient (Wildman–Crippen LogP) is 0.502. The van der Waals surface area contributed by atoms with Crippen LogP contribution in [0.2, 0.25) is 0 Å². The van der Waals surface area contributed by atoms with Crippen molar-refractivity contribution in [2.24, 2.45) is 0 Å². The molecule has 0 unspecified atom stereocenters. The van der Waals surface area contributed by atoms with Gasteiger partial charge >= 0.3 is 0 Å². The maximum Gasteiger partial charge on any atom is 0.236 e. The largest absolute Gasteiger partial charge is 0.357 e. The number of hydrogen-bond donors (Lipinski definition) is 2. The van der Waals surface area contributed by atoms with Gasteiger partial charge in [-0.3, -0.25) is 4.79 Å². The van der Waals surface area contributed by atoms with E-state index in [0.29, 0.717) is 11.8 Å². The van der Waals surface area contributed by atoms with Gasteiger partial charge in [-0.15, -0.1) is 0 Å². The maximum absolute atomic E-state index is 11.6. The van der Waals surface area contributed by atoms with Gasteiger partial charge in [0, 0.05) is 18.8 Å². The van der Waals surface area contributed by atoms with Gasteiger partial charge in [-0.2, -0.15) is 4.98 Å². The lowest BCUT2D eigenvalue weighted by Crippen LogP contribution is -2.18. The molecule has 0 atom stereocenters. The summed E-state index contributed by atoms with van der Waals surface area (Å²) >= 11 is 0. The van der Waals surface area contributed by atoms with E-state index in [1.54, 1.807) is 13.2 Å². The number of hydrogen-bond acceptors (Lipinski definition) is 4. The van der Waals surface area contributed by atoms with Gasteiger partial charge in [0.1, 0.15) is 5.82 Å². The molecule has 1 aliphatic carbocycles. The average Bonchev–Trinajstić information content (AvgIpc) is 2.93. The second-order valence-corrected chi connectivity index (χ2v) is 3.74. The molecule has 0 radical (unpaired) electrons. The van der Waals surface area contributed by atoms with Crippen LogP contribution in [0.25, 0.3) is 0 Å². The monoisotopic (exact) mass is 190 g/mol. The molecule has 2 heterocycles. The van der Waals surface area contributed by atoms with Gasteiger partial charge < -0.3 is 10.6 Å². The molecule has 0 saturated heterocycles. The van der Waals surface area contributed by atoms with Crippen LogP contribution in [0.5, 0.6) is 0 Å². The van der Waals surface area contributed by atoms with Crippen LogP contribution in [0.1, 0.15) is 18.4 Å². The van der Waals surface area contributed by atoms with E-state index in [9.17, 15) is 4.79 Å². The van der Waals surface area contributed by atoms with E-state index in [0.717, 1.165) is 18.4 Å². The first-order valence-electron chi connectivity index (χ1n) is 4.63. The summed E-state index contributed by atoms with van der Waals surface area (Å²) in [7, 11) is 1.76. The highest BCUT2D eigenvalue weighted by Gasteiger charge is 2.57. The fourth-order valence-electron chi connectivity index (χ4n) is 1.92. The molecule has 0 bridgehead atoms. The molecular formula is C9H10N4O. The SMILES string of the molecule is CNc1ncc2c(n1)NC(=O)C21CC1. The van der Waals surface area contributed by atoms with E-state index in [1.807, 2.05) is 0 Å². The Hall–Kier alpha value is -1.65. The molecule has 5 nitrogen and oxygen atoms in total. The summed E-state index contributed by atoms with van der Waals surface area (Å²) in [6, 6.07) is 0. The summed E-state index contributed by atoms with van der Waals surface area (Å²) in [6.45, 7) is 0. The third kappa shape index (κ3) is 0.767. The van der Waals surface area contributed by atoms with Gasteiger partial charge in [0.05, 0.1) is 5.41 Å². The third-order valence-electron chi connectivity index (χ3n) is 2.94. The molecule has 1 fully saturated rings. The van der Waals surface area contributed by atoms with Crippen molar-refractivity contribution in [2.45, 2.75) is 18.3 Å². The summed E-state index contributed by atoms with van der Waals surface area (Å²) in [5, 5.41) is 5.64.